The molecule has 90 valence electrons. The zero-order valence-corrected chi connectivity index (χ0v) is 10.4. The lowest BCUT2D eigenvalue weighted by Crippen LogP contribution is -2.01. The Bertz CT molecular complexity index is 310. The van der Waals surface area contributed by atoms with Crippen LogP contribution in [0.1, 0.15) is 44.6 Å². The minimum absolute atomic E-state index is 0.131. The Hall–Kier alpha value is -1.05. The van der Waals surface area contributed by atoms with Crippen molar-refractivity contribution >= 4 is 5.69 Å². The van der Waals surface area contributed by atoms with Crippen LogP contribution in [0.3, 0.4) is 0 Å². The molecule has 0 bridgehead atoms. The minimum Gasteiger partial charge on any atom is -0.385 e. The number of aryl methyl sites for hydroxylation is 1. The van der Waals surface area contributed by atoms with Gasteiger partial charge in [0, 0.05) is 12.2 Å². The standard InChI is InChI=1S/C14H22FN/c1-3-4-5-6-7-10-16-13-8-9-14(15)12(2)11-13/h8-9,11,16H,3-7,10H2,1-2H3. The summed E-state index contributed by atoms with van der Waals surface area (Å²) in [5.74, 6) is -0.131. The van der Waals surface area contributed by atoms with Crippen molar-refractivity contribution in [3.63, 3.8) is 0 Å². The fourth-order valence-corrected chi connectivity index (χ4v) is 1.72. The quantitative estimate of drug-likeness (QED) is 0.670. The first-order valence-corrected chi connectivity index (χ1v) is 6.24. The molecule has 0 atom stereocenters. The van der Waals surface area contributed by atoms with Gasteiger partial charge in [0.15, 0.2) is 0 Å². The van der Waals surface area contributed by atoms with Gasteiger partial charge in [0.25, 0.3) is 0 Å². The molecule has 2 heteroatoms. The van der Waals surface area contributed by atoms with Gasteiger partial charge in [0.2, 0.25) is 0 Å². The summed E-state index contributed by atoms with van der Waals surface area (Å²) in [6.45, 7) is 5.00. The molecule has 0 amide bonds. The van der Waals surface area contributed by atoms with Crippen molar-refractivity contribution in [1.29, 1.82) is 0 Å². The van der Waals surface area contributed by atoms with E-state index in [0.29, 0.717) is 5.56 Å². The van der Waals surface area contributed by atoms with Gasteiger partial charge in [-0.2, -0.15) is 0 Å². The molecule has 0 saturated carbocycles. The summed E-state index contributed by atoms with van der Waals surface area (Å²) in [6.07, 6.45) is 6.40. The van der Waals surface area contributed by atoms with Crippen LogP contribution in [-0.4, -0.2) is 6.54 Å². The summed E-state index contributed by atoms with van der Waals surface area (Å²) < 4.78 is 13.0. The smallest absolute Gasteiger partial charge is 0.126 e. The zero-order chi connectivity index (χ0) is 11.8. The molecular formula is C14H22FN. The molecule has 1 aromatic rings. The van der Waals surface area contributed by atoms with Crippen molar-refractivity contribution in [1.82, 2.24) is 0 Å². The van der Waals surface area contributed by atoms with E-state index in [4.69, 9.17) is 0 Å². The Morgan fingerprint density at radius 3 is 2.56 bits per heavy atom. The van der Waals surface area contributed by atoms with Gasteiger partial charge in [-0.3, -0.25) is 0 Å². The second-order valence-electron chi connectivity index (χ2n) is 4.30. The molecule has 1 N–H and O–H groups in total. The first-order valence-electron chi connectivity index (χ1n) is 6.24. The van der Waals surface area contributed by atoms with E-state index in [1.54, 1.807) is 13.0 Å². The molecule has 0 aliphatic heterocycles. The third kappa shape index (κ3) is 4.65. The summed E-state index contributed by atoms with van der Waals surface area (Å²) in [6, 6.07) is 5.19. The Morgan fingerprint density at radius 2 is 1.88 bits per heavy atom. The summed E-state index contributed by atoms with van der Waals surface area (Å²) in [5.41, 5.74) is 1.73. The Labute approximate surface area is 98.1 Å². The minimum atomic E-state index is -0.131. The fourth-order valence-electron chi connectivity index (χ4n) is 1.72. The van der Waals surface area contributed by atoms with Crippen LogP contribution in [0.5, 0.6) is 0 Å². The number of unbranched alkanes of at least 4 members (excludes halogenated alkanes) is 4. The van der Waals surface area contributed by atoms with Gasteiger partial charge in [0.05, 0.1) is 0 Å². The highest BCUT2D eigenvalue weighted by Gasteiger charge is 1.97. The molecule has 1 aromatic carbocycles. The maximum Gasteiger partial charge on any atom is 0.126 e. The summed E-state index contributed by atoms with van der Waals surface area (Å²) in [4.78, 5) is 0. The summed E-state index contributed by atoms with van der Waals surface area (Å²) >= 11 is 0. The van der Waals surface area contributed by atoms with Crippen molar-refractivity contribution < 1.29 is 4.39 Å². The average molecular weight is 223 g/mol. The van der Waals surface area contributed by atoms with Crippen molar-refractivity contribution in [3.8, 4) is 0 Å². The highest BCUT2D eigenvalue weighted by atomic mass is 19.1. The van der Waals surface area contributed by atoms with Gasteiger partial charge < -0.3 is 5.32 Å². The summed E-state index contributed by atoms with van der Waals surface area (Å²) in [7, 11) is 0. The second kappa shape index (κ2) is 7.26. The first-order chi connectivity index (χ1) is 7.74. The molecule has 0 aliphatic carbocycles. The number of rotatable bonds is 7. The van der Waals surface area contributed by atoms with E-state index >= 15 is 0 Å². The number of halogens is 1. The van der Waals surface area contributed by atoms with Crippen LogP contribution in [0.15, 0.2) is 18.2 Å². The first kappa shape index (κ1) is 13.0. The Morgan fingerprint density at radius 1 is 1.12 bits per heavy atom. The topological polar surface area (TPSA) is 12.0 Å². The molecule has 0 heterocycles. The lowest BCUT2D eigenvalue weighted by molar-refractivity contribution is 0.618. The van der Waals surface area contributed by atoms with E-state index < -0.39 is 0 Å². The van der Waals surface area contributed by atoms with E-state index in [1.165, 1.54) is 38.2 Å². The molecule has 0 unspecified atom stereocenters. The van der Waals surface area contributed by atoms with E-state index in [-0.39, 0.29) is 5.82 Å². The van der Waals surface area contributed by atoms with Crippen molar-refractivity contribution in [2.75, 3.05) is 11.9 Å². The molecule has 0 aliphatic rings. The number of nitrogens with one attached hydrogen (secondary N) is 1. The molecule has 16 heavy (non-hydrogen) atoms. The average Bonchev–Trinajstić information content (AvgIpc) is 2.28. The van der Waals surface area contributed by atoms with E-state index in [0.717, 1.165) is 12.2 Å². The van der Waals surface area contributed by atoms with E-state index in [9.17, 15) is 4.39 Å². The summed E-state index contributed by atoms with van der Waals surface area (Å²) in [5, 5.41) is 3.32. The van der Waals surface area contributed by atoms with Crippen LogP contribution in [0.4, 0.5) is 10.1 Å². The highest BCUT2D eigenvalue weighted by Crippen LogP contribution is 2.13. The molecule has 0 spiro atoms. The van der Waals surface area contributed by atoms with E-state index in [1.807, 2.05) is 6.07 Å². The van der Waals surface area contributed by atoms with Crippen LogP contribution >= 0.6 is 0 Å². The lowest BCUT2D eigenvalue weighted by atomic mass is 10.1. The molecule has 1 nitrogen and oxygen atoms in total. The van der Waals surface area contributed by atoms with Crippen LogP contribution < -0.4 is 5.32 Å². The van der Waals surface area contributed by atoms with Crippen molar-refractivity contribution in [2.24, 2.45) is 0 Å². The molecular weight excluding hydrogens is 201 g/mol. The SMILES string of the molecule is CCCCCCCNc1ccc(F)c(C)c1. The fraction of sp³-hybridized carbons (Fsp3) is 0.571. The van der Waals surface area contributed by atoms with Gasteiger partial charge in [0.1, 0.15) is 5.82 Å². The molecule has 0 aromatic heterocycles. The van der Waals surface area contributed by atoms with Crippen LogP contribution in [0.25, 0.3) is 0 Å². The van der Waals surface area contributed by atoms with E-state index in [2.05, 4.69) is 12.2 Å². The lowest BCUT2D eigenvalue weighted by Gasteiger charge is -2.07. The maximum absolute atomic E-state index is 13.0. The zero-order valence-electron chi connectivity index (χ0n) is 10.4. The predicted octanol–water partition coefficient (Wildman–Crippen LogP) is 4.52. The molecule has 0 fully saturated rings. The number of benzene rings is 1. The highest BCUT2D eigenvalue weighted by molar-refractivity contribution is 5.45. The monoisotopic (exact) mass is 223 g/mol. The van der Waals surface area contributed by atoms with Crippen LogP contribution in [0.2, 0.25) is 0 Å². The van der Waals surface area contributed by atoms with Crippen molar-refractivity contribution in [2.45, 2.75) is 46.0 Å². The Kier molecular flexibility index (Phi) is 5.91. The van der Waals surface area contributed by atoms with Gasteiger partial charge in [-0.15, -0.1) is 0 Å². The van der Waals surface area contributed by atoms with Crippen LogP contribution in [-0.2, 0) is 0 Å². The van der Waals surface area contributed by atoms with Crippen molar-refractivity contribution in [3.05, 3.63) is 29.6 Å². The normalized spacial score (nSPS) is 10.4. The largest absolute Gasteiger partial charge is 0.385 e. The third-order valence-corrected chi connectivity index (χ3v) is 2.77. The number of hydrogen-bond donors (Lipinski definition) is 1. The number of anilines is 1. The second-order valence-corrected chi connectivity index (χ2v) is 4.30. The van der Waals surface area contributed by atoms with Crippen LogP contribution in [0, 0.1) is 12.7 Å². The van der Waals surface area contributed by atoms with Gasteiger partial charge in [-0.1, -0.05) is 32.6 Å². The molecule has 1 rings (SSSR count). The van der Waals surface area contributed by atoms with Gasteiger partial charge >= 0.3 is 0 Å². The molecule has 0 saturated heterocycles. The maximum atomic E-state index is 13.0. The van der Waals surface area contributed by atoms with Gasteiger partial charge in [-0.25, -0.2) is 4.39 Å². The predicted molar refractivity (Wildman–Crippen MR) is 68.4 cm³/mol. The van der Waals surface area contributed by atoms with Gasteiger partial charge in [-0.05, 0) is 37.1 Å². The third-order valence-electron chi connectivity index (χ3n) is 2.77. The molecule has 0 radical (unpaired) electrons. The number of hydrogen-bond acceptors (Lipinski definition) is 1. The Balaban J connectivity index is 2.19.